The molecule has 0 saturated carbocycles. The van der Waals surface area contributed by atoms with E-state index in [4.69, 9.17) is 11.2 Å². The Morgan fingerprint density at radius 2 is 1.96 bits per heavy atom. The number of hydrogen-bond acceptors (Lipinski definition) is 2. The van der Waals surface area contributed by atoms with Crippen LogP contribution in [-0.2, 0) is 17.9 Å². The molecule has 0 radical (unpaired) electrons. The fraction of sp³-hybridized carbons (Fsp3) is 0.500. The summed E-state index contributed by atoms with van der Waals surface area (Å²) < 4.78 is 5.80. The maximum absolute atomic E-state index is 5.80. The molecule has 1 aromatic carbocycles. The van der Waals surface area contributed by atoms with Crippen LogP contribution in [0, 0.1) is 12.3 Å². The summed E-state index contributed by atoms with van der Waals surface area (Å²) in [5.41, 5.74) is 2.17. The van der Waals surface area contributed by atoms with Gasteiger partial charge in [0, 0.05) is 6.54 Å². The fourth-order valence-electron chi connectivity index (χ4n) is 1.76. The molecular weight excluding hydrogens is 401 g/mol. The number of halogens is 1. The molecule has 4 nitrogen and oxygen atoms in total. The third kappa shape index (κ3) is 10.2. The van der Waals surface area contributed by atoms with Crippen molar-refractivity contribution in [2.75, 3.05) is 13.1 Å². The van der Waals surface area contributed by atoms with Crippen LogP contribution < -0.4 is 10.6 Å². The van der Waals surface area contributed by atoms with Gasteiger partial charge in [-0.2, -0.15) is 0 Å². The second-order valence-electron chi connectivity index (χ2n) is 5.97. The predicted molar refractivity (Wildman–Crippen MR) is 108 cm³/mol. The van der Waals surface area contributed by atoms with Gasteiger partial charge in [-0.25, -0.2) is 4.99 Å². The molecule has 1 aromatic rings. The van der Waals surface area contributed by atoms with Crippen molar-refractivity contribution in [1.82, 2.24) is 10.6 Å². The molecule has 5 heteroatoms. The van der Waals surface area contributed by atoms with Gasteiger partial charge in [-0.3, -0.25) is 0 Å². The van der Waals surface area contributed by atoms with E-state index >= 15 is 0 Å². The van der Waals surface area contributed by atoms with Gasteiger partial charge in [-0.05, 0) is 38.8 Å². The van der Waals surface area contributed by atoms with E-state index in [9.17, 15) is 0 Å². The number of rotatable bonds is 6. The lowest BCUT2D eigenvalue weighted by molar-refractivity contribution is -0.0149. The Labute approximate surface area is 157 Å². The normalized spacial score (nSPS) is 11.3. The van der Waals surface area contributed by atoms with Crippen LogP contribution in [0.5, 0.6) is 0 Å². The topological polar surface area (TPSA) is 45.7 Å². The molecular formula is C18H28IN3O. The summed E-state index contributed by atoms with van der Waals surface area (Å²) in [6, 6.07) is 8.30. The van der Waals surface area contributed by atoms with E-state index in [1.54, 1.807) is 0 Å². The van der Waals surface area contributed by atoms with Gasteiger partial charge in [0.1, 0.15) is 0 Å². The molecule has 1 rings (SSSR count). The number of hydrogen-bond donors (Lipinski definition) is 2. The molecule has 2 N–H and O–H groups in total. The molecule has 0 fully saturated rings. The Morgan fingerprint density at radius 1 is 1.26 bits per heavy atom. The summed E-state index contributed by atoms with van der Waals surface area (Å²) in [5.74, 6) is 3.28. The lowest BCUT2D eigenvalue weighted by Crippen LogP contribution is -2.37. The minimum atomic E-state index is -0.133. The number of nitrogens with zero attached hydrogens (tertiary/aromatic N) is 1. The van der Waals surface area contributed by atoms with Crippen molar-refractivity contribution in [3.05, 3.63) is 35.4 Å². The molecule has 0 spiro atoms. The van der Waals surface area contributed by atoms with Gasteiger partial charge in [-0.15, -0.1) is 30.4 Å². The van der Waals surface area contributed by atoms with E-state index in [1.807, 2.05) is 13.0 Å². The molecule has 0 aliphatic carbocycles. The van der Waals surface area contributed by atoms with Crippen LogP contribution >= 0.6 is 24.0 Å². The summed E-state index contributed by atoms with van der Waals surface area (Å²) in [7, 11) is 0. The Kier molecular flexibility index (Phi) is 10.7. The van der Waals surface area contributed by atoms with Gasteiger partial charge < -0.3 is 15.4 Å². The monoisotopic (exact) mass is 429 g/mol. The summed E-state index contributed by atoms with van der Waals surface area (Å²) in [6.07, 6.45) is 5.26. The Morgan fingerprint density at radius 3 is 2.57 bits per heavy atom. The second-order valence-corrected chi connectivity index (χ2v) is 5.97. The Bertz CT molecular complexity index is 530. The number of aliphatic imine (C=N–C) groups is 1. The van der Waals surface area contributed by atoms with E-state index < -0.39 is 0 Å². The molecule has 0 aliphatic rings. The summed E-state index contributed by atoms with van der Waals surface area (Å²) in [4.78, 5) is 4.53. The molecule has 0 bridgehead atoms. The first-order chi connectivity index (χ1) is 10.4. The summed E-state index contributed by atoms with van der Waals surface area (Å²) in [5, 5.41) is 6.24. The third-order valence-electron chi connectivity index (χ3n) is 2.79. The number of ether oxygens (including phenoxy) is 1. The molecule has 0 amide bonds. The smallest absolute Gasteiger partial charge is 0.192 e. The lowest BCUT2D eigenvalue weighted by atomic mass is 10.1. The van der Waals surface area contributed by atoms with E-state index in [0.29, 0.717) is 19.7 Å². The van der Waals surface area contributed by atoms with Gasteiger partial charge in [0.05, 0.1) is 25.3 Å². The second kappa shape index (κ2) is 11.3. The minimum absolute atomic E-state index is 0. The van der Waals surface area contributed by atoms with Gasteiger partial charge in [0.25, 0.3) is 0 Å². The van der Waals surface area contributed by atoms with Crippen LogP contribution in [0.1, 0.15) is 38.8 Å². The van der Waals surface area contributed by atoms with E-state index in [-0.39, 0.29) is 29.6 Å². The first kappa shape index (κ1) is 21.7. The highest BCUT2D eigenvalue weighted by molar-refractivity contribution is 14.0. The predicted octanol–water partition coefficient (Wildman–Crippen LogP) is 3.31. The SMILES string of the molecule is C#CCNC(=NCc1cccc(COC(C)(C)C)c1)NCC.I. The molecule has 23 heavy (non-hydrogen) atoms. The van der Waals surface area contributed by atoms with Crippen LogP contribution in [0.15, 0.2) is 29.3 Å². The molecule has 0 unspecified atom stereocenters. The van der Waals surface area contributed by atoms with Gasteiger partial charge in [-0.1, -0.05) is 30.2 Å². The van der Waals surface area contributed by atoms with Crippen LogP contribution in [0.3, 0.4) is 0 Å². The van der Waals surface area contributed by atoms with Gasteiger partial charge in [0.2, 0.25) is 0 Å². The first-order valence-corrected chi connectivity index (χ1v) is 7.62. The maximum atomic E-state index is 5.80. The van der Waals surface area contributed by atoms with Gasteiger partial charge >= 0.3 is 0 Å². The summed E-state index contributed by atoms with van der Waals surface area (Å²) >= 11 is 0. The van der Waals surface area contributed by atoms with Crippen molar-refractivity contribution in [3.63, 3.8) is 0 Å². The minimum Gasteiger partial charge on any atom is -0.371 e. The fourth-order valence-corrected chi connectivity index (χ4v) is 1.76. The van der Waals surface area contributed by atoms with Crippen molar-refractivity contribution in [3.8, 4) is 12.3 Å². The average Bonchev–Trinajstić information content (AvgIpc) is 2.48. The molecule has 0 atom stereocenters. The highest BCUT2D eigenvalue weighted by Crippen LogP contribution is 2.13. The molecule has 0 aromatic heterocycles. The van der Waals surface area contributed by atoms with E-state index in [2.05, 4.69) is 60.5 Å². The number of guanidine groups is 1. The number of terminal acetylenes is 1. The van der Waals surface area contributed by atoms with Crippen LogP contribution in [0.25, 0.3) is 0 Å². The highest BCUT2D eigenvalue weighted by Gasteiger charge is 2.10. The molecule has 128 valence electrons. The first-order valence-electron chi connectivity index (χ1n) is 7.62. The quantitative estimate of drug-likeness (QED) is 0.316. The lowest BCUT2D eigenvalue weighted by Gasteiger charge is -2.19. The standard InChI is InChI=1S/C18H27N3O.HI/c1-6-11-20-17(19-7-2)21-13-15-9-8-10-16(12-15)14-22-18(3,4)5;/h1,8-10,12H,7,11,13-14H2,2-5H3,(H2,19,20,21);1H. The molecule has 0 heterocycles. The van der Waals surface area contributed by atoms with Crippen LogP contribution in [0.4, 0.5) is 0 Å². The molecule has 0 aliphatic heterocycles. The third-order valence-corrected chi connectivity index (χ3v) is 2.79. The van der Waals surface area contributed by atoms with Crippen molar-refractivity contribution in [1.29, 1.82) is 0 Å². The van der Waals surface area contributed by atoms with Crippen LogP contribution in [-0.4, -0.2) is 24.7 Å². The summed E-state index contributed by atoms with van der Waals surface area (Å²) in [6.45, 7) is 10.7. The van der Waals surface area contributed by atoms with Crippen molar-refractivity contribution < 1.29 is 4.74 Å². The average molecular weight is 429 g/mol. The maximum Gasteiger partial charge on any atom is 0.192 e. The zero-order valence-electron chi connectivity index (χ0n) is 14.5. The van der Waals surface area contributed by atoms with E-state index in [1.165, 1.54) is 0 Å². The van der Waals surface area contributed by atoms with Gasteiger partial charge in [0.15, 0.2) is 5.96 Å². The van der Waals surface area contributed by atoms with Crippen LogP contribution in [0.2, 0.25) is 0 Å². The number of nitrogens with one attached hydrogen (secondary N) is 2. The Hall–Kier alpha value is -1.26. The number of benzene rings is 1. The zero-order chi connectivity index (χ0) is 16.4. The highest BCUT2D eigenvalue weighted by atomic mass is 127. The largest absolute Gasteiger partial charge is 0.371 e. The van der Waals surface area contributed by atoms with Crippen molar-refractivity contribution >= 4 is 29.9 Å². The molecule has 0 saturated heterocycles. The van der Waals surface area contributed by atoms with E-state index in [0.717, 1.165) is 23.6 Å². The van der Waals surface area contributed by atoms with Crippen molar-refractivity contribution in [2.45, 2.75) is 46.4 Å². The Balaban J connectivity index is 0.00000484. The van der Waals surface area contributed by atoms with Crippen molar-refractivity contribution in [2.24, 2.45) is 4.99 Å². The zero-order valence-corrected chi connectivity index (χ0v) is 16.8.